The molecule has 0 saturated heterocycles. The molecule has 6 heteroatoms. The number of anilines is 1. The summed E-state index contributed by atoms with van der Waals surface area (Å²) < 4.78 is 10.9. The molecule has 6 rings (SSSR count). The average molecular weight is 481 g/mol. The number of nitrogens with zero attached hydrogens (tertiary/aromatic N) is 1. The summed E-state index contributed by atoms with van der Waals surface area (Å²) in [5.74, 6) is 0. The van der Waals surface area contributed by atoms with Crippen LogP contribution in [0.25, 0.3) is 21.9 Å². The minimum Gasteiger partial charge on any atom is -0.758 e. The molecule has 1 aliphatic carbocycles. The molecule has 1 aliphatic heterocycles. The van der Waals surface area contributed by atoms with Crippen molar-refractivity contribution in [3.63, 3.8) is 0 Å². The van der Waals surface area contributed by atoms with E-state index in [-0.39, 0.29) is 51.4 Å². The Morgan fingerprint density at radius 1 is 0.758 bits per heavy atom. The zero-order valence-corrected chi connectivity index (χ0v) is 22.7. The van der Waals surface area contributed by atoms with E-state index < -0.39 is 11.0 Å². The van der Waals surface area contributed by atoms with Crippen LogP contribution in [0.2, 0.25) is 0 Å². The summed E-state index contributed by atoms with van der Waals surface area (Å²) in [4.78, 5) is 0.501. The van der Waals surface area contributed by atoms with E-state index in [9.17, 15) is 9.42 Å². The van der Waals surface area contributed by atoms with Crippen LogP contribution in [0.3, 0.4) is 0 Å². The van der Waals surface area contributed by atoms with Gasteiger partial charge in [0.05, 0.1) is 4.90 Å². The molecule has 0 amide bonds. The first-order valence-electron chi connectivity index (χ1n) is 10.9. The second kappa shape index (κ2) is 10.9. The normalized spacial score (nSPS) is 14.7. The Morgan fingerprint density at radius 2 is 1.45 bits per heavy atom. The molecule has 1 unspecified atom stereocenters. The third-order valence-electron chi connectivity index (χ3n) is 6.32. The van der Waals surface area contributed by atoms with Crippen LogP contribution in [-0.2, 0) is 30.2 Å². The Morgan fingerprint density at radius 3 is 2.27 bits per heavy atom. The van der Waals surface area contributed by atoms with Gasteiger partial charge in [0.25, 0.3) is 0 Å². The smallest absolute Gasteiger partial charge is 0.758 e. The standard InChI is InChI=1S/C19H16.C8H9N2O2S.K/c1-2-5-16-12-18(10-8-14(16)4-1)19-11-9-15-6-3-7-17(15)13-19;9-13(12)7-2-1-6-3-4-10(11)8(6)5-7;/h1-2,4-5,8-13H,3,6-7H2;1-2,5H,3-4,9H2;/q;-1;+1. The molecule has 0 saturated carbocycles. The maximum Gasteiger partial charge on any atom is 1.00 e. The quantitative estimate of drug-likeness (QED) is 0.448. The molecule has 0 radical (unpaired) electrons. The molecule has 4 aromatic rings. The zero-order valence-electron chi connectivity index (χ0n) is 18.8. The van der Waals surface area contributed by atoms with Crippen molar-refractivity contribution in [2.24, 2.45) is 5.14 Å². The second-order valence-electron chi connectivity index (χ2n) is 8.34. The molecule has 4 aromatic carbocycles. The Hall–Kier alpha value is -1.35. The topological polar surface area (TPSA) is 69.4 Å². The first-order chi connectivity index (χ1) is 15.6. The minimum atomic E-state index is -1.50. The molecule has 0 spiro atoms. The molecule has 0 bridgehead atoms. The van der Waals surface area contributed by atoms with E-state index in [1.165, 1.54) is 41.2 Å². The predicted octanol–water partition coefficient (Wildman–Crippen LogP) is 2.53. The number of fused-ring (bicyclic) bond motifs is 3. The number of benzene rings is 4. The monoisotopic (exact) mass is 480 g/mol. The summed E-state index contributed by atoms with van der Waals surface area (Å²) in [6, 6.07) is 27.4. The van der Waals surface area contributed by atoms with Crippen molar-refractivity contribution in [1.29, 1.82) is 0 Å². The van der Waals surface area contributed by atoms with Crippen molar-refractivity contribution in [2.45, 2.75) is 30.6 Å². The van der Waals surface area contributed by atoms with Crippen LogP contribution >= 0.6 is 0 Å². The van der Waals surface area contributed by atoms with Gasteiger partial charge in [-0.05, 0) is 82.5 Å². The molecule has 2 aliphatic rings. The first kappa shape index (κ1) is 24.8. The van der Waals surface area contributed by atoms with Gasteiger partial charge in [0.15, 0.2) is 0 Å². The van der Waals surface area contributed by atoms with Gasteiger partial charge < -0.3 is 10.3 Å². The van der Waals surface area contributed by atoms with Gasteiger partial charge in [0.1, 0.15) is 11.0 Å². The molecule has 162 valence electrons. The molecular formula is C27H25KN2O2S. The summed E-state index contributed by atoms with van der Waals surface area (Å²) >= 11 is 0. The maximum absolute atomic E-state index is 11.2. The summed E-state index contributed by atoms with van der Waals surface area (Å²) in [6.07, 6.45) is 4.58. The fourth-order valence-electron chi connectivity index (χ4n) is 4.58. The molecule has 1 heterocycles. The number of hydroxylamine groups is 1. The van der Waals surface area contributed by atoms with Gasteiger partial charge in [-0.15, -0.1) is 0 Å². The van der Waals surface area contributed by atoms with E-state index in [4.69, 9.17) is 5.14 Å². The van der Waals surface area contributed by atoms with E-state index in [0.717, 1.165) is 17.0 Å². The van der Waals surface area contributed by atoms with Gasteiger partial charge in [-0.1, -0.05) is 60.7 Å². The van der Waals surface area contributed by atoms with E-state index in [1.54, 1.807) is 23.3 Å². The SMILES string of the molecule is NS(=O)c1ccc2c(c1)N([O-])CC2.[K+].c1ccc2cc(-c3ccc4c(c3)CCC4)ccc2c1. The number of hydrogen-bond donors (Lipinski definition) is 1. The van der Waals surface area contributed by atoms with Crippen LogP contribution in [0.5, 0.6) is 0 Å². The Balaban J connectivity index is 0.000000164. The molecule has 33 heavy (non-hydrogen) atoms. The fraction of sp³-hybridized carbons (Fsp3) is 0.185. The molecule has 4 nitrogen and oxygen atoms in total. The third kappa shape index (κ3) is 5.50. The number of aryl methyl sites for hydroxylation is 2. The number of nitrogens with two attached hydrogens (primary N) is 1. The van der Waals surface area contributed by atoms with Gasteiger partial charge in [-0.25, -0.2) is 9.35 Å². The first-order valence-corrected chi connectivity index (χ1v) is 12.1. The van der Waals surface area contributed by atoms with Crippen molar-refractivity contribution in [2.75, 3.05) is 11.6 Å². The van der Waals surface area contributed by atoms with E-state index in [2.05, 4.69) is 60.7 Å². The molecular weight excluding hydrogens is 455 g/mol. The number of hydrogen-bond acceptors (Lipinski definition) is 3. The Labute approximate surface area is 239 Å². The van der Waals surface area contributed by atoms with Crippen molar-refractivity contribution < 1.29 is 55.6 Å². The molecule has 0 fully saturated rings. The molecule has 2 N–H and O–H groups in total. The molecule has 0 aromatic heterocycles. The van der Waals surface area contributed by atoms with Gasteiger partial charge in [-0.3, -0.25) is 0 Å². The fourth-order valence-corrected chi connectivity index (χ4v) is 5.01. The summed E-state index contributed by atoms with van der Waals surface area (Å²) in [6.45, 7) is 0.482. The van der Waals surface area contributed by atoms with Crippen LogP contribution in [0, 0.1) is 5.21 Å². The van der Waals surface area contributed by atoms with Crippen LogP contribution in [0.1, 0.15) is 23.1 Å². The third-order valence-corrected chi connectivity index (χ3v) is 7.04. The Kier molecular flexibility index (Phi) is 8.20. The van der Waals surface area contributed by atoms with Crippen LogP contribution in [0.15, 0.2) is 83.8 Å². The van der Waals surface area contributed by atoms with Gasteiger partial charge in [-0.2, -0.15) is 0 Å². The van der Waals surface area contributed by atoms with E-state index in [0.29, 0.717) is 17.1 Å². The average Bonchev–Trinajstić information content (AvgIpc) is 3.45. The largest absolute Gasteiger partial charge is 1.00 e. The van der Waals surface area contributed by atoms with E-state index >= 15 is 0 Å². The zero-order chi connectivity index (χ0) is 22.1. The molecule has 1 atom stereocenters. The predicted molar refractivity (Wildman–Crippen MR) is 133 cm³/mol. The van der Waals surface area contributed by atoms with Crippen molar-refractivity contribution in [3.05, 3.63) is 101 Å². The summed E-state index contributed by atoms with van der Waals surface area (Å²) in [7, 11) is -1.50. The van der Waals surface area contributed by atoms with Crippen molar-refractivity contribution in [1.82, 2.24) is 0 Å². The van der Waals surface area contributed by atoms with E-state index in [1.807, 2.05) is 6.07 Å². The van der Waals surface area contributed by atoms with Crippen LogP contribution in [0.4, 0.5) is 5.69 Å². The summed E-state index contributed by atoms with van der Waals surface area (Å²) in [5.41, 5.74) is 7.38. The maximum atomic E-state index is 11.2. The second-order valence-corrected chi connectivity index (χ2v) is 9.41. The van der Waals surface area contributed by atoms with Crippen molar-refractivity contribution >= 4 is 27.4 Å². The van der Waals surface area contributed by atoms with Gasteiger partial charge >= 0.3 is 51.4 Å². The number of rotatable bonds is 2. The summed E-state index contributed by atoms with van der Waals surface area (Å²) in [5, 5.41) is 20.0. The van der Waals surface area contributed by atoms with Crippen molar-refractivity contribution in [3.8, 4) is 11.1 Å². The minimum absolute atomic E-state index is 0. The van der Waals surface area contributed by atoms with Crippen LogP contribution in [-0.4, -0.2) is 10.8 Å². The van der Waals surface area contributed by atoms with Gasteiger partial charge in [0.2, 0.25) is 0 Å². The Bertz CT molecular complexity index is 1320. The van der Waals surface area contributed by atoms with Gasteiger partial charge in [0, 0.05) is 12.2 Å². The van der Waals surface area contributed by atoms with Crippen LogP contribution < -0.4 is 61.6 Å².